The van der Waals surface area contributed by atoms with Crippen molar-refractivity contribution in [2.75, 3.05) is 13.1 Å². The molecule has 1 spiro atoms. The minimum Gasteiger partial charge on any atom is -0.336 e. The number of hydrogen-bond acceptors (Lipinski definition) is 5. The molecule has 1 fully saturated rings. The Morgan fingerprint density at radius 2 is 2.03 bits per heavy atom. The van der Waals surface area contributed by atoms with Gasteiger partial charge in [-0.05, 0) is 25.0 Å². The Morgan fingerprint density at radius 3 is 2.72 bits per heavy atom. The standard InChI is InChI=1S/C22H20ClN3O2S/c1-21(2)12-22(9-15(10-24)18(21)27)7-8-26(13-22)20(28)17-11-29-19(25-17)14-3-5-16(23)6-4-14/h3-6,9,11H,7-8,12-13H2,1-2H3/t22-/m0/s1. The normalized spacial score (nSPS) is 23.2. The van der Waals surface area contributed by atoms with E-state index in [1.807, 2.05) is 32.0 Å². The Hall–Kier alpha value is -2.49. The molecule has 1 aromatic carbocycles. The number of carbonyl (C=O) groups excluding carboxylic acids is 2. The Kier molecular flexibility index (Phi) is 4.84. The molecule has 1 aromatic heterocycles. The van der Waals surface area contributed by atoms with Gasteiger partial charge in [0.2, 0.25) is 0 Å². The molecule has 0 N–H and O–H groups in total. The van der Waals surface area contributed by atoms with Gasteiger partial charge in [0.1, 0.15) is 16.8 Å². The van der Waals surface area contributed by atoms with E-state index in [1.54, 1.807) is 28.5 Å². The average molecular weight is 426 g/mol. The van der Waals surface area contributed by atoms with Crippen LogP contribution in [0.5, 0.6) is 0 Å². The molecular weight excluding hydrogens is 406 g/mol. The van der Waals surface area contributed by atoms with Gasteiger partial charge in [-0.2, -0.15) is 5.26 Å². The molecule has 2 aromatic rings. The molecule has 1 amide bonds. The molecule has 0 radical (unpaired) electrons. The number of Topliss-reactive ketones (excluding diaryl/α,β-unsaturated/α-hetero) is 1. The lowest BCUT2D eigenvalue weighted by molar-refractivity contribution is -0.125. The molecule has 7 heteroatoms. The van der Waals surface area contributed by atoms with E-state index in [1.165, 1.54) is 11.3 Å². The number of allylic oxidation sites excluding steroid dienone is 1. The lowest BCUT2D eigenvalue weighted by atomic mass is 9.64. The van der Waals surface area contributed by atoms with Gasteiger partial charge in [-0.1, -0.05) is 43.7 Å². The molecular formula is C22H20ClN3O2S. The molecule has 2 aliphatic rings. The fourth-order valence-corrected chi connectivity index (χ4v) is 5.35. The maximum Gasteiger partial charge on any atom is 0.273 e. The van der Waals surface area contributed by atoms with Crippen molar-refractivity contribution in [2.24, 2.45) is 10.8 Å². The van der Waals surface area contributed by atoms with Crippen molar-refractivity contribution in [1.29, 1.82) is 5.26 Å². The molecule has 1 aliphatic heterocycles. The van der Waals surface area contributed by atoms with Gasteiger partial charge < -0.3 is 4.90 Å². The van der Waals surface area contributed by atoms with Crippen LogP contribution < -0.4 is 0 Å². The van der Waals surface area contributed by atoms with E-state index in [4.69, 9.17) is 11.6 Å². The van der Waals surface area contributed by atoms with Crippen LogP contribution in [0.1, 0.15) is 37.2 Å². The number of rotatable bonds is 2. The summed E-state index contributed by atoms with van der Waals surface area (Å²) >= 11 is 7.36. The van der Waals surface area contributed by atoms with Crippen molar-refractivity contribution in [2.45, 2.75) is 26.7 Å². The minimum absolute atomic E-state index is 0.109. The highest BCUT2D eigenvalue weighted by Gasteiger charge is 2.49. The van der Waals surface area contributed by atoms with E-state index in [0.717, 1.165) is 17.0 Å². The molecule has 1 aliphatic carbocycles. The summed E-state index contributed by atoms with van der Waals surface area (Å²) in [6.45, 7) is 4.85. The Bertz CT molecular complexity index is 1060. The number of likely N-dealkylation sites (tertiary alicyclic amines) is 1. The highest BCUT2D eigenvalue weighted by Crippen LogP contribution is 2.48. The Labute approximate surface area is 178 Å². The van der Waals surface area contributed by atoms with Crippen LogP contribution in [0, 0.1) is 22.2 Å². The summed E-state index contributed by atoms with van der Waals surface area (Å²) in [7, 11) is 0. The molecule has 1 saturated heterocycles. The molecule has 0 bridgehead atoms. The Morgan fingerprint density at radius 1 is 1.31 bits per heavy atom. The van der Waals surface area contributed by atoms with Gasteiger partial charge in [0, 0.05) is 39.9 Å². The van der Waals surface area contributed by atoms with Crippen LogP contribution in [0.2, 0.25) is 5.02 Å². The average Bonchev–Trinajstić information content (AvgIpc) is 3.32. The van der Waals surface area contributed by atoms with E-state index in [-0.39, 0.29) is 22.7 Å². The quantitative estimate of drug-likeness (QED) is 0.696. The molecule has 0 unspecified atom stereocenters. The van der Waals surface area contributed by atoms with Crippen molar-refractivity contribution < 1.29 is 9.59 Å². The highest BCUT2D eigenvalue weighted by atomic mass is 35.5. The summed E-state index contributed by atoms with van der Waals surface area (Å²) in [6.07, 6.45) is 3.18. The van der Waals surface area contributed by atoms with Crippen LogP contribution >= 0.6 is 22.9 Å². The highest BCUT2D eigenvalue weighted by molar-refractivity contribution is 7.13. The molecule has 29 heavy (non-hydrogen) atoms. The topological polar surface area (TPSA) is 74.1 Å². The second-order valence-electron chi connectivity index (χ2n) is 8.44. The van der Waals surface area contributed by atoms with E-state index in [9.17, 15) is 14.9 Å². The van der Waals surface area contributed by atoms with Gasteiger partial charge in [-0.3, -0.25) is 9.59 Å². The number of hydrogen-bond donors (Lipinski definition) is 0. The zero-order valence-corrected chi connectivity index (χ0v) is 17.8. The maximum absolute atomic E-state index is 13.0. The fourth-order valence-electron chi connectivity index (χ4n) is 4.42. The number of nitrogens with zero attached hydrogens (tertiary/aromatic N) is 3. The molecule has 148 valence electrons. The third-order valence-electron chi connectivity index (χ3n) is 5.71. The summed E-state index contributed by atoms with van der Waals surface area (Å²) in [5.41, 5.74) is 0.640. The van der Waals surface area contributed by atoms with E-state index in [0.29, 0.717) is 30.2 Å². The first-order valence-electron chi connectivity index (χ1n) is 9.42. The summed E-state index contributed by atoms with van der Waals surface area (Å²) in [5, 5.41) is 12.6. The molecule has 1 atom stereocenters. The van der Waals surface area contributed by atoms with Gasteiger partial charge in [0.25, 0.3) is 5.91 Å². The monoisotopic (exact) mass is 425 g/mol. The first-order valence-corrected chi connectivity index (χ1v) is 10.7. The second-order valence-corrected chi connectivity index (χ2v) is 9.74. The first-order chi connectivity index (χ1) is 13.7. The number of halogens is 1. The van der Waals surface area contributed by atoms with Gasteiger partial charge in [0.15, 0.2) is 5.78 Å². The molecule has 2 heterocycles. The third kappa shape index (κ3) is 3.61. The smallest absolute Gasteiger partial charge is 0.273 e. The van der Waals surface area contributed by atoms with Crippen LogP contribution in [0.25, 0.3) is 10.6 Å². The molecule has 0 saturated carbocycles. The third-order valence-corrected chi connectivity index (χ3v) is 6.85. The van der Waals surface area contributed by atoms with Gasteiger partial charge in [-0.25, -0.2) is 4.98 Å². The van der Waals surface area contributed by atoms with Crippen molar-refractivity contribution in [3.8, 4) is 16.6 Å². The van der Waals surface area contributed by atoms with Crippen LogP contribution in [-0.4, -0.2) is 34.7 Å². The summed E-state index contributed by atoms with van der Waals surface area (Å²) in [6, 6.07) is 9.42. The number of ketones is 1. The van der Waals surface area contributed by atoms with Crippen molar-refractivity contribution in [3.05, 3.63) is 52.0 Å². The van der Waals surface area contributed by atoms with Crippen molar-refractivity contribution in [3.63, 3.8) is 0 Å². The number of thiazole rings is 1. The zero-order chi connectivity index (χ0) is 20.8. The lowest BCUT2D eigenvalue weighted by Gasteiger charge is -2.38. The second kappa shape index (κ2) is 7.08. The van der Waals surface area contributed by atoms with E-state index >= 15 is 0 Å². The zero-order valence-electron chi connectivity index (χ0n) is 16.2. The van der Waals surface area contributed by atoms with Gasteiger partial charge >= 0.3 is 0 Å². The number of nitriles is 1. The number of amides is 1. The van der Waals surface area contributed by atoms with Gasteiger partial charge in [0.05, 0.1) is 5.57 Å². The number of aromatic nitrogens is 1. The minimum atomic E-state index is -0.596. The fraction of sp³-hybridized carbons (Fsp3) is 0.364. The summed E-state index contributed by atoms with van der Waals surface area (Å²) < 4.78 is 0. The molecule has 5 nitrogen and oxygen atoms in total. The predicted octanol–water partition coefficient (Wildman–Crippen LogP) is 4.74. The van der Waals surface area contributed by atoms with Crippen LogP contribution in [-0.2, 0) is 4.79 Å². The maximum atomic E-state index is 13.0. The van der Waals surface area contributed by atoms with Crippen LogP contribution in [0.3, 0.4) is 0 Å². The van der Waals surface area contributed by atoms with Crippen LogP contribution in [0.4, 0.5) is 0 Å². The van der Waals surface area contributed by atoms with Crippen LogP contribution in [0.15, 0.2) is 41.3 Å². The van der Waals surface area contributed by atoms with Gasteiger partial charge in [-0.15, -0.1) is 11.3 Å². The SMILES string of the molecule is CC1(C)C[C@@]2(C=C(C#N)C1=O)CCN(C(=O)c1csc(-c3ccc(Cl)cc3)n1)C2. The molecule has 4 rings (SSSR count). The Balaban J connectivity index is 1.55. The van der Waals surface area contributed by atoms with Crippen molar-refractivity contribution in [1.82, 2.24) is 9.88 Å². The lowest BCUT2D eigenvalue weighted by Crippen LogP contribution is -2.40. The predicted molar refractivity (Wildman–Crippen MR) is 113 cm³/mol. The summed E-state index contributed by atoms with van der Waals surface area (Å²) in [5.74, 6) is -0.220. The largest absolute Gasteiger partial charge is 0.336 e. The van der Waals surface area contributed by atoms with Crippen molar-refractivity contribution >= 4 is 34.6 Å². The first kappa shape index (κ1) is 19.8. The van der Waals surface area contributed by atoms with E-state index in [2.05, 4.69) is 4.98 Å². The van der Waals surface area contributed by atoms with E-state index < -0.39 is 5.41 Å². The number of benzene rings is 1. The number of carbonyl (C=O) groups is 2. The summed E-state index contributed by atoms with van der Waals surface area (Å²) in [4.78, 5) is 31.8.